The maximum atomic E-state index is 13.6. The minimum absolute atomic E-state index is 0.190. The van der Waals surface area contributed by atoms with E-state index in [0.717, 1.165) is 34.5 Å². The van der Waals surface area contributed by atoms with Gasteiger partial charge in [-0.05, 0) is 36.6 Å². The van der Waals surface area contributed by atoms with E-state index in [2.05, 4.69) is 0 Å². The lowest BCUT2D eigenvalue weighted by molar-refractivity contribution is -0.149. The second kappa shape index (κ2) is 10.9. The van der Waals surface area contributed by atoms with E-state index in [1.807, 2.05) is 97.1 Å². The number of fused-ring (bicyclic) bond motifs is 1. The second-order valence-corrected chi connectivity index (χ2v) is 9.61. The highest BCUT2D eigenvalue weighted by molar-refractivity contribution is 6.00. The van der Waals surface area contributed by atoms with Gasteiger partial charge in [0.15, 0.2) is 0 Å². The zero-order chi connectivity index (χ0) is 26.6. The Balaban J connectivity index is 1.30. The summed E-state index contributed by atoms with van der Waals surface area (Å²) in [7, 11) is 0. The molecule has 1 amide bonds. The lowest BCUT2D eigenvalue weighted by Crippen LogP contribution is -2.41. The van der Waals surface area contributed by atoms with Crippen molar-refractivity contribution in [3.8, 4) is 22.5 Å². The summed E-state index contributed by atoms with van der Waals surface area (Å²) in [5, 5.41) is 0. The average molecular weight is 514 g/mol. The molecule has 1 aromatic heterocycles. The van der Waals surface area contributed by atoms with E-state index in [1.54, 1.807) is 17.0 Å². The van der Waals surface area contributed by atoms with Crippen molar-refractivity contribution in [1.29, 1.82) is 0 Å². The fourth-order valence-corrected chi connectivity index (χ4v) is 5.03. The number of carbonyl (C=O) groups excluding carboxylic acids is 2. The number of esters is 1. The Bertz CT molecular complexity index is 1620. The molecule has 0 spiro atoms. The molecule has 39 heavy (non-hydrogen) atoms. The summed E-state index contributed by atoms with van der Waals surface area (Å²) in [4.78, 5) is 38.1. The molecule has 1 atom stereocenters. The molecule has 1 fully saturated rings. The highest BCUT2D eigenvalue weighted by Gasteiger charge is 2.36. The van der Waals surface area contributed by atoms with Crippen molar-refractivity contribution in [2.75, 3.05) is 6.54 Å². The fraction of sp³-hybridized carbons (Fsp3) is 0.152. The van der Waals surface area contributed by atoms with E-state index >= 15 is 0 Å². The lowest BCUT2D eigenvalue weighted by Gasteiger charge is -2.23. The maximum Gasteiger partial charge on any atom is 0.329 e. The van der Waals surface area contributed by atoms with Gasteiger partial charge < -0.3 is 9.64 Å². The van der Waals surface area contributed by atoms with Gasteiger partial charge >= 0.3 is 5.97 Å². The highest BCUT2D eigenvalue weighted by atomic mass is 16.5. The largest absolute Gasteiger partial charge is 0.459 e. The smallest absolute Gasteiger partial charge is 0.329 e. The molecule has 5 aromatic rings. The molecular formula is C33H27N3O3. The molecule has 2 heterocycles. The number of aromatic nitrogens is 2. The van der Waals surface area contributed by atoms with E-state index in [0.29, 0.717) is 29.6 Å². The first kappa shape index (κ1) is 24.5. The summed E-state index contributed by atoms with van der Waals surface area (Å²) < 4.78 is 5.56. The summed E-state index contributed by atoms with van der Waals surface area (Å²) in [5.41, 5.74) is 6.18. The Morgan fingerprint density at radius 1 is 0.744 bits per heavy atom. The Morgan fingerprint density at radius 3 is 1.97 bits per heavy atom. The normalized spacial score (nSPS) is 14.9. The van der Waals surface area contributed by atoms with Crippen molar-refractivity contribution in [3.63, 3.8) is 0 Å². The zero-order valence-corrected chi connectivity index (χ0v) is 21.4. The Hall–Kier alpha value is -4.84. The van der Waals surface area contributed by atoms with Crippen LogP contribution in [0.1, 0.15) is 28.8 Å². The van der Waals surface area contributed by atoms with Gasteiger partial charge in [0.2, 0.25) is 0 Å². The molecular weight excluding hydrogens is 486 g/mol. The van der Waals surface area contributed by atoms with Crippen LogP contribution in [0, 0.1) is 0 Å². The van der Waals surface area contributed by atoms with Gasteiger partial charge in [0.25, 0.3) is 5.91 Å². The van der Waals surface area contributed by atoms with E-state index in [9.17, 15) is 9.59 Å². The lowest BCUT2D eigenvalue weighted by atomic mass is 10.0. The number of ether oxygens (including phenoxy) is 1. The van der Waals surface area contributed by atoms with Crippen LogP contribution in [-0.4, -0.2) is 39.3 Å². The summed E-state index contributed by atoms with van der Waals surface area (Å²) in [6.07, 6.45) is 1.34. The average Bonchev–Trinajstić information content (AvgIpc) is 3.50. The van der Waals surface area contributed by atoms with Crippen molar-refractivity contribution in [3.05, 3.63) is 120 Å². The quantitative estimate of drug-likeness (QED) is 0.249. The van der Waals surface area contributed by atoms with Gasteiger partial charge in [0.1, 0.15) is 12.6 Å². The third-order valence-electron chi connectivity index (χ3n) is 7.02. The van der Waals surface area contributed by atoms with Gasteiger partial charge in [-0.15, -0.1) is 0 Å². The number of rotatable bonds is 6. The van der Waals surface area contributed by atoms with Crippen LogP contribution in [0.5, 0.6) is 0 Å². The van der Waals surface area contributed by atoms with E-state index in [-0.39, 0.29) is 18.5 Å². The predicted octanol–water partition coefficient (Wildman–Crippen LogP) is 6.31. The molecule has 1 aliphatic rings. The molecule has 0 radical (unpaired) electrons. The molecule has 6 rings (SSSR count). The van der Waals surface area contributed by atoms with Gasteiger partial charge in [-0.1, -0.05) is 91.0 Å². The van der Waals surface area contributed by atoms with Crippen LogP contribution >= 0.6 is 0 Å². The number of nitrogens with zero attached hydrogens (tertiary/aromatic N) is 3. The zero-order valence-electron chi connectivity index (χ0n) is 21.4. The molecule has 1 saturated heterocycles. The van der Waals surface area contributed by atoms with Crippen LogP contribution in [0.25, 0.3) is 33.5 Å². The van der Waals surface area contributed by atoms with Gasteiger partial charge in [0.05, 0.1) is 22.4 Å². The number of benzene rings is 4. The molecule has 4 aromatic carbocycles. The van der Waals surface area contributed by atoms with Gasteiger partial charge in [0, 0.05) is 23.2 Å². The molecule has 0 aliphatic carbocycles. The van der Waals surface area contributed by atoms with Crippen LogP contribution in [0.3, 0.4) is 0 Å². The van der Waals surface area contributed by atoms with Crippen LogP contribution in [0.4, 0.5) is 0 Å². The van der Waals surface area contributed by atoms with E-state index < -0.39 is 6.04 Å². The minimum atomic E-state index is -0.594. The number of likely N-dealkylation sites (tertiary alicyclic amines) is 1. The summed E-state index contributed by atoms with van der Waals surface area (Å²) >= 11 is 0. The monoisotopic (exact) mass is 513 g/mol. The minimum Gasteiger partial charge on any atom is -0.459 e. The molecule has 6 heteroatoms. The fourth-order valence-electron chi connectivity index (χ4n) is 5.03. The molecule has 0 saturated carbocycles. The molecule has 1 aliphatic heterocycles. The van der Waals surface area contributed by atoms with Crippen molar-refractivity contribution < 1.29 is 14.3 Å². The second-order valence-electron chi connectivity index (χ2n) is 9.61. The Labute approximate surface area is 226 Å². The molecule has 6 nitrogen and oxygen atoms in total. The van der Waals surface area contributed by atoms with Crippen molar-refractivity contribution in [2.24, 2.45) is 0 Å². The SMILES string of the molecule is O=C(OCc1ccccc1)[C@@H]1CCCN1C(=O)c1ccc2nc(-c3ccccc3)c(-c3ccccc3)nc2c1. The highest BCUT2D eigenvalue weighted by Crippen LogP contribution is 2.31. The topological polar surface area (TPSA) is 72.4 Å². The Morgan fingerprint density at radius 2 is 1.33 bits per heavy atom. The van der Waals surface area contributed by atoms with Crippen molar-refractivity contribution >= 4 is 22.9 Å². The predicted molar refractivity (Wildman–Crippen MR) is 151 cm³/mol. The number of carbonyl (C=O) groups is 2. The van der Waals surface area contributed by atoms with Crippen molar-refractivity contribution in [2.45, 2.75) is 25.5 Å². The third kappa shape index (κ3) is 5.14. The van der Waals surface area contributed by atoms with E-state index in [4.69, 9.17) is 14.7 Å². The van der Waals surface area contributed by atoms with Crippen LogP contribution in [0.2, 0.25) is 0 Å². The third-order valence-corrected chi connectivity index (χ3v) is 7.02. The van der Waals surface area contributed by atoms with E-state index in [1.165, 1.54) is 0 Å². The van der Waals surface area contributed by atoms with Gasteiger partial charge in [-0.3, -0.25) is 4.79 Å². The summed E-state index contributed by atoms with van der Waals surface area (Å²) in [6.45, 7) is 0.700. The molecule has 0 unspecified atom stereocenters. The molecule has 0 N–H and O–H groups in total. The van der Waals surface area contributed by atoms with Gasteiger partial charge in [-0.25, -0.2) is 14.8 Å². The van der Waals surface area contributed by atoms with Crippen molar-refractivity contribution in [1.82, 2.24) is 14.9 Å². The first-order chi connectivity index (χ1) is 19.2. The van der Waals surface area contributed by atoms with Crippen LogP contribution < -0.4 is 0 Å². The van der Waals surface area contributed by atoms with Crippen LogP contribution in [0.15, 0.2) is 109 Å². The number of amides is 1. The first-order valence-corrected chi connectivity index (χ1v) is 13.1. The number of hydrogen-bond acceptors (Lipinski definition) is 5. The standard InChI is InChI=1S/C33H27N3O3/c37-32(36-20-10-17-29(36)33(38)39-22-23-11-4-1-5-12-23)26-18-19-27-28(21-26)35-31(25-15-8-3-9-16-25)30(34-27)24-13-6-2-7-14-24/h1-9,11-16,18-19,21,29H,10,17,20,22H2/t29-/m0/s1. The first-order valence-electron chi connectivity index (χ1n) is 13.1. The summed E-state index contributed by atoms with van der Waals surface area (Å²) in [6, 6.07) is 34.2. The van der Waals surface area contributed by atoms with Gasteiger partial charge in [-0.2, -0.15) is 0 Å². The molecule has 192 valence electrons. The number of hydrogen-bond donors (Lipinski definition) is 0. The molecule has 0 bridgehead atoms. The Kier molecular flexibility index (Phi) is 6.83. The van der Waals surface area contributed by atoms with Crippen LogP contribution in [-0.2, 0) is 16.1 Å². The maximum absolute atomic E-state index is 13.6. The summed E-state index contributed by atoms with van der Waals surface area (Å²) in [5.74, 6) is -0.574.